The maximum Gasteiger partial charge on any atom is 0.00461 e. The van der Waals surface area contributed by atoms with E-state index in [4.69, 9.17) is 11.5 Å². The molecular formula is C8H15N2P. The predicted octanol–water partition coefficient (Wildman–Crippen LogP) is 0.0908. The molecule has 0 saturated heterocycles. The second kappa shape index (κ2) is 7.67. The summed E-state index contributed by atoms with van der Waals surface area (Å²) < 4.78 is 0. The highest BCUT2D eigenvalue weighted by Crippen LogP contribution is 1.86. The molecule has 0 radical (unpaired) electrons. The molecule has 0 aliphatic heterocycles. The van der Waals surface area contributed by atoms with Crippen LogP contribution in [0.15, 0.2) is 30.3 Å². The van der Waals surface area contributed by atoms with Crippen LogP contribution in [0.25, 0.3) is 0 Å². The summed E-state index contributed by atoms with van der Waals surface area (Å²) >= 11 is 0. The fourth-order valence-corrected chi connectivity index (χ4v) is 0.675. The van der Waals surface area contributed by atoms with Gasteiger partial charge >= 0.3 is 0 Å². The number of benzene rings is 1. The highest BCUT2D eigenvalue weighted by atomic mass is 31.0. The van der Waals surface area contributed by atoms with Crippen molar-refractivity contribution in [2.75, 3.05) is 13.1 Å². The van der Waals surface area contributed by atoms with Crippen molar-refractivity contribution in [2.45, 2.75) is 0 Å². The lowest BCUT2D eigenvalue weighted by Gasteiger charge is -1.82. The Bertz CT molecular complexity index is 163. The van der Waals surface area contributed by atoms with Crippen LogP contribution in [-0.4, -0.2) is 13.1 Å². The summed E-state index contributed by atoms with van der Waals surface area (Å²) in [6.45, 7) is 1.19. The monoisotopic (exact) mass is 170 g/mol. The molecule has 4 N–H and O–H groups in total. The summed E-state index contributed by atoms with van der Waals surface area (Å²) in [5.74, 6) is 0. The van der Waals surface area contributed by atoms with Gasteiger partial charge in [0.1, 0.15) is 0 Å². The maximum absolute atomic E-state index is 4.90. The van der Waals surface area contributed by atoms with Gasteiger partial charge < -0.3 is 11.5 Å². The van der Waals surface area contributed by atoms with E-state index < -0.39 is 0 Å². The number of nitrogens with two attached hydrogens (primary N) is 2. The van der Waals surface area contributed by atoms with Crippen molar-refractivity contribution in [1.29, 1.82) is 0 Å². The van der Waals surface area contributed by atoms with E-state index in [1.165, 1.54) is 5.30 Å². The molecule has 1 unspecified atom stereocenters. The van der Waals surface area contributed by atoms with Crippen molar-refractivity contribution in [3.8, 4) is 0 Å². The van der Waals surface area contributed by atoms with Gasteiger partial charge in [0.2, 0.25) is 0 Å². The lowest BCUT2D eigenvalue weighted by molar-refractivity contribution is 0.976. The van der Waals surface area contributed by atoms with Crippen LogP contribution < -0.4 is 16.8 Å². The Labute approximate surface area is 70.2 Å². The van der Waals surface area contributed by atoms with E-state index >= 15 is 0 Å². The zero-order chi connectivity index (χ0) is 8.53. The van der Waals surface area contributed by atoms with Crippen molar-refractivity contribution in [1.82, 2.24) is 0 Å². The summed E-state index contributed by atoms with van der Waals surface area (Å²) in [5, 5.41) is 1.24. The van der Waals surface area contributed by atoms with Gasteiger partial charge in [-0.1, -0.05) is 30.3 Å². The molecule has 0 aromatic heterocycles. The zero-order valence-corrected chi connectivity index (χ0v) is 7.69. The molecule has 0 saturated carbocycles. The second-order valence-electron chi connectivity index (χ2n) is 1.99. The molecule has 0 bridgehead atoms. The molecule has 1 aromatic carbocycles. The molecule has 0 fully saturated rings. The smallest absolute Gasteiger partial charge is 0.00461 e. The van der Waals surface area contributed by atoms with Gasteiger partial charge in [-0.3, -0.25) is 0 Å². The van der Waals surface area contributed by atoms with Gasteiger partial charge in [-0.2, -0.15) is 0 Å². The van der Waals surface area contributed by atoms with Crippen molar-refractivity contribution in [2.24, 2.45) is 11.5 Å². The van der Waals surface area contributed by atoms with Crippen LogP contribution >= 0.6 is 9.24 Å². The predicted molar refractivity (Wildman–Crippen MR) is 53.9 cm³/mol. The third-order valence-electron chi connectivity index (χ3n) is 0.966. The van der Waals surface area contributed by atoms with Crippen molar-refractivity contribution < 1.29 is 0 Å². The van der Waals surface area contributed by atoms with E-state index in [9.17, 15) is 0 Å². The fraction of sp³-hybridized carbons (Fsp3) is 0.250. The minimum absolute atomic E-state index is 0.597. The van der Waals surface area contributed by atoms with Crippen LogP contribution in [-0.2, 0) is 0 Å². The van der Waals surface area contributed by atoms with E-state index in [1.54, 1.807) is 0 Å². The van der Waals surface area contributed by atoms with Crippen LogP contribution in [0.4, 0.5) is 0 Å². The van der Waals surface area contributed by atoms with Gasteiger partial charge in [0.25, 0.3) is 0 Å². The molecule has 62 valence electrons. The van der Waals surface area contributed by atoms with Crippen LogP contribution in [0, 0.1) is 0 Å². The SMILES string of the molecule is NCCN.Pc1ccccc1. The summed E-state index contributed by atoms with van der Waals surface area (Å²) in [5.41, 5.74) is 9.81. The molecule has 0 spiro atoms. The second-order valence-corrected chi connectivity index (χ2v) is 2.65. The zero-order valence-electron chi connectivity index (χ0n) is 6.53. The highest BCUT2D eigenvalue weighted by Gasteiger charge is 1.72. The molecule has 1 atom stereocenters. The van der Waals surface area contributed by atoms with Gasteiger partial charge in [0, 0.05) is 13.1 Å². The molecule has 0 aliphatic carbocycles. The van der Waals surface area contributed by atoms with E-state index in [0.29, 0.717) is 13.1 Å². The van der Waals surface area contributed by atoms with Crippen LogP contribution in [0.1, 0.15) is 0 Å². The molecule has 0 amide bonds. The lowest BCUT2D eigenvalue weighted by Crippen LogP contribution is -2.11. The van der Waals surface area contributed by atoms with Gasteiger partial charge in [0.05, 0.1) is 0 Å². The average Bonchev–Trinajstić information content (AvgIpc) is 2.07. The molecule has 11 heavy (non-hydrogen) atoms. The average molecular weight is 170 g/mol. The van der Waals surface area contributed by atoms with Crippen LogP contribution in [0.3, 0.4) is 0 Å². The minimum atomic E-state index is 0.597. The van der Waals surface area contributed by atoms with Crippen molar-refractivity contribution in [3.05, 3.63) is 30.3 Å². The first-order valence-electron chi connectivity index (χ1n) is 3.52. The first-order chi connectivity index (χ1) is 5.31. The normalized spacial score (nSPS) is 8.27. The Balaban J connectivity index is 0.000000218. The third-order valence-corrected chi connectivity index (χ3v) is 1.35. The van der Waals surface area contributed by atoms with Crippen LogP contribution in [0.5, 0.6) is 0 Å². The number of rotatable bonds is 1. The van der Waals surface area contributed by atoms with Gasteiger partial charge in [-0.15, -0.1) is 9.24 Å². The van der Waals surface area contributed by atoms with E-state index in [1.807, 2.05) is 30.3 Å². The van der Waals surface area contributed by atoms with E-state index in [2.05, 4.69) is 9.24 Å². The van der Waals surface area contributed by atoms with Crippen molar-refractivity contribution >= 4 is 14.5 Å². The molecule has 1 rings (SSSR count). The summed E-state index contributed by atoms with van der Waals surface area (Å²) in [7, 11) is 2.63. The Hall–Kier alpha value is -0.430. The number of hydrogen-bond acceptors (Lipinski definition) is 2. The Morgan fingerprint density at radius 1 is 1.00 bits per heavy atom. The molecule has 0 aliphatic rings. The van der Waals surface area contributed by atoms with Gasteiger partial charge in [0.15, 0.2) is 0 Å². The Morgan fingerprint density at radius 3 is 1.64 bits per heavy atom. The first kappa shape index (κ1) is 10.6. The molecular weight excluding hydrogens is 155 g/mol. The fourth-order valence-electron chi connectivity index (χ4n) is 0.453. The first-order valence-corrected chi connectivity index (χ1v) is 4.09. The van der Waals surface area contributed by atoms with Gasteiger partial charge in [-0.25, -0.2) is 0 Å². The Morgan fingerprint density at radius 2 is 1.45 bits per heavy atom. The standard InChI is InChI=1S/C6H7P.C2H8N2/c7-6-4-2-1-3-5-6;3-1-2-4/h1-5H,7H2;1-4H2. The quantitative estimate of drug-likeness (QED) is 0.587. The number of hydrogen-bond donors (Lipinski definition) is 2. The Kier molecular flexibility index (Phi) is 7.37. The van der Waals surface area contributed by atoms with Crippen molar-refractivity contribution in [3.63, 3.8) is 0 Å². The molecule has 3 heteroatoms. The highest BCUT2D eigenvalue weighted by molar-refractivity contribution is 7.27. The molecule has 0 heterocycles. The minimum Gasteiger partial charge on any atom is -0.329 e. The molecule has 1 aromatic rings. The summed E-state index contributed by atoms with van der Waals surface area (Å²) in [6.07, 6.45) is 0. The third kappa shape index (κ3) is 7.47. The summed E-state index contributed by atoms with van der Waals surface area (Å²) in [4.78, 5) is 0. The van der Waals surface area contributed by atoms with E-state index in [-0.39, 0.29) is 0 Å². The van der Waals surface area contributed by atoms with E-state index in [0.717, 1.165) is 0 Å². The topological polar surface area (TPSA) is 52.0 Å². The van der Waals surface area contributed by atoms with Gasteiger partial charge in [-0.05, 0) is 5.30 Å². The lowest BCUT2D eigenvalue weighted by atomic mass is 10.4. The molecule has 2 nitrogen and oxygen atoms in total. The van der Waals surface area contributed by atoms with Crippen LogP contribution in [0.2, 0.25) is 0 Å². The maximum atomic E-state index is 4.90. The summed E-state index contributed by atoms with van der Waals surface area (Å²) in [6, 6.07) is 10.1. The largest absolute Gasteiger partial charge is 0.329 e.